The van der Waals surface area contributed by atoms with Gasteiger partial charge in [-0.15, -0.1) is 0 Å². The van der Waals surface area contributed by atoms with Crippen LogP contribution in [0, 0.1) is 0 Å². The molecule has 32 heavy (non-hydrogen) atoms. The van der Waals surface area contributed by atoms with E-state index in [0.717, 1.165) is 46.8 Å². The summed E-state index contributed by atoms with van der Waals surface area (Å²) in [4.78, 5) is 25.8. The molecule has 3 heterocycles. The predicted octanol–water partition coefficient (Wildman–Crippen LogP) is 3.77. The Hall–Kier alpha value is -2.39. The zero-order valence-electron chi connectivity index (χ0n) is 18.3. The average molecular weight is 455 g/mol. The fraction of sp³-hybridized carbons (Fsp3) is 0.417. The Morgan fingerprint density at radius 2 is 1.97 bits per heavy atom. The Bertz CT molecular complexity index is 1110. The lowest BCUT2D eigenvalue weighted by atomic mass is 10.1. The smallest absolute Gasteiger partial charge is 0.290 e. The van der Waals surface area contributed by atoms with Crippen molar-refractivity contribution in [2.24, 2.45) is 0 Å². The predicted molar refractivity (Wildman–Crippen MR) is 123 cm³/mol. The summed E-state index contributed by atoms with van der Waals surface area (Å²) < 4.78 is 18.2. The molecule has 3 aliphatic rings. The van der Waals surface area contributed by atoms with Crippen molar-refractivity contribution in [3.05, 3.63) is 46.9 Å². The minimum absolute atomic E-state index is 0.0816. The van der Waals surface area contributed by atoms with E-state index in [-0.39, 0.29) is 29.4 Å². The quantitative estimate of drug-likeness (QED) is 0.689. The topological polar surface area (TPSA) is 77.1 Å². The zero-order chi connectivity index (χ0) is 22.5. The average Bonchev–Trinajstić information content (AvgIpc) is 3.30. The molecule has 0 aromatic heterocycles. The molecule has 0 unspecified atom stereocenters. The van der Waals surface area contributed by atoms with Crippen LogP contribution < -0.4 is 10.1 Å². The van der Waals surface area contributed by atoms with Crippen LogP contribution in [0.1, 0.15) is 25.8 Å². The van der Waals surface area contributed by atoms with E-state index in [4.69, 9.17) is 14.2 Å². The molecule has 5 rings (SSSR count). The number of nitrogens with zero attached hydrogens (tertiary/aromatic N) is 1. The van der Waals surface area contributed by atoms with Gasteiger partial charge in [-0.3, -0.25) is 19.8 Å². The second-order valence-corrected chi connectivity index (χ2v) is 9.92. The molecule has 168 valence electrons. The normalized spacial score (nSPS) is 28.5. The van der Waals surface area contributed by atoms with Crippen molar-refractivity contribution in [3.63, 3.8) is 0 Å². The third kappa shape index (κ3) is 4.28. The van der Waals surface area contributed by atoms with Crippen molar-refractivity contribution >= 4 is 39.8 Å². The van der Waals surface area contributed by atoms with Crippen LogP contribution in [0.5, 0.6) is 5.75 Å². The van der Waals surface area contributed by atoms with Crippen LogP contribution in [0.25, 0.3) is 16.8 Å². The molecular weight excluding hydrogens is 428 g/mol. The summed E-state index contributed by atoms with van der Waals surface area (Å²) in [5, 5.41) is 4.03. The number of amides is 2. The molecule has 8 heteroatoms. The summed E-state index contributed by atoms with van der Waals surface area (Å²) in [6.07, 6.45) is 2.80. The second kappa shape index (κ2) is 8.19. The van der Waals surface area contributed by atoms with Gasteiger partial charge in [0.15, 0.2) is 5.79 Å². The molecule has 0 aliphatic carbocycles. The Morgan fingerprint density at radius 1 is 1.19 bits per heavy atom. The number of likely N-dealkylation sites (N-methyl/N-ethyl adjacent to an activating group) is 1. The highest BCUT2D eigenvalue weighted by atomic mass is 32.2. The fourth-order valence-corrected chi connectivity index (χ4v) is 5.36. The first-order valence-electron chi connectivity index (χ1n) is 10.7. The highest BCUT2D eigenvalue weighted by Crippen LogP contribution is 2.37. The van der Waals surface area contributed by atoms with E-state index < -0.39 is 5.79 Å². The van der Waals surface area contributed by atoms with Crippen molar-refractivity contribution in [2.45, 2.75) is 44.3 Å². The van der Waals surface area contributed by atoms with Crippen LogP contribution in [0.2, 0.25) is 0 Å². The molecule has 0 bridgehead atoms. The van der Waals surface area contributed by atoms with Crippen molar-refractivity contribution in [2.75, 3.05) is 20.2 Å². The van der Waals surface area contributed by atoms with Gasteiger partial charge in [-0.1, -0.05) is 18.2 Å². The summed E-state index contributed by atoms with van der Waals surface area (Å²) in [5.41, 5.74) is 0.874. The summed E-state index contributed by atoms with van der Waals surface area (Å²) >= 11 is 0.923. The van der Waals surface area contributed by atoms with Crippen LogP contribution in [0.15, 0.2) is 41.3 Å². The van der Waals surface area contributed by atoms with Crippen molar-refractivity contribution in [3.8, 4) is 5.75 Å². The van der Waals surface area contributed by atoms with Crippen LogP contribution >= 0.6 is 11.8 Å². The summed E-state index contributed by atoms with van der Waals surface area (Å²) in [6, 6.07) is 12.2. The first kappa shape index (κ1) is 21.5. The van der Waals surface area contributed by atoms with Crippen LogP contribution in [-0.4, -0.2) is 60.3 Å². The molecule has 0 spiro atoms. The number of carbonyl (C=O) groups is 2. The first-order chi connectivity index (χ1) is 15.3. The molecular formula is C24H26N2O5S. The number of nitrogens with one attached hydrogen (secondary N) is 1. The molecule has 2 aromatic carbocycles. The van der Waals surface area contributed by atoms with Gasteiger partial charge in [-0.2, -0.15) is 0 Å². The van der Waals surface area contributed by atoms with Crippen LogP contribution in [0.4, 0.5) is 4.79 Å². The molecule has 3 atom stereocenters. The number of thioether (sulfide) groups is 1. The molecule has 7 nitrogen and oxygen atoms in total. The minimum Gasteiger partial charge on any atom is -0.494 e. The monoisotopic (exact) mass is 454 g/mol. The Morgan fingerprint density at radius 3 is 2.75 bits per heavy atom. The van der Waals surface area contributed by atoms with E-state index in [0.29, 0.717) is 11.5 Å². The van der Waals surface area contributed by atoms with Crippen molar-refractivity contribution in [1.82, 2.24) is 10.2 Å². The lowest BCUT2D eigenvalue weighted by Gasteiger charge is -2.27. The van der Waals surface area contributed by atoms with Gasteiger partial charge in [-0.25, -0.2) is 0 Å². The lowest BCUT2D eigenvalue weighted by Crippen LogP contribution is -2.37. The Labute approximate surface area is 191 Å². The van der Waals surface area contributed by atoms with Gasteiger partial charge in [0.1, 0.15) is 18.0 Å². The van der Waals surface area contributed by atoms with E-state index in [1.165, 1.54) is 0 Å². The van der Waals surface area contributed by atoms with E-state index in [1.807, 2.05) is 50.2 Å². The van der Waals surface area contributed by atoms with E-state index in [2.05, 4.69) is 17.3 Å². The van der Waals surface area contributed by atoms with Gasteiger partial charge < -0.3 is 14.2 Å². The molecule has 3 fully saturated rings. The minimum atomic E-state index is -0.515. The maximum atomic E-state index is 11.8. The summed E-state index contributed by atoms with van der Waals surface area (Å²) in [5.74, 6) is -0.0410. The second-order valence-electron chi connectivity index (χ2n) is 8.90. The number of hydrogen-bond acceptors (Lipinski definition) is 7. The molecule has 2 amide bonds. The van der Waals surface area contributed by atoms with Crippen LogP contribution in [0.3, 0.4) is 0 Å². The van der Waals surface area contributed by atoms with Gasteiger partial charge in [0.25, 0.3) is 11.1 Å². The maximum absolute atomic E-state index is 11.8. The van der Waals surface area contributed by atoms with Crippen LogP contribution in [-0.2, 0) is 14.3 Å². The number of benzene rings is 2. The van der Waals surface area contributed by atoms with E-state index in [9.17, 15) is 9.59 Å². The maximum Gasteiger partial charge on any atom is 0.290 e. The molecule has 2 aromatic rings. The van der Waals surface area contributed by atoms with Gasteiger partial charge in [0, 0.05) is 12.6 Å². The van der Waals surface area contributed by atoms with E-state index in [1.54, 1.807) is 6.08 Å². The van der Waals surface area contributed by atoms with Crippen molar-refractivity contribution in [1.29, 1.82) is 0 Å². The van der Waals surface area contributed by atoms with Gasteiger partial charge >= 0.3 is 0 Å². The molecule has 3 saturated heterocycles. The third-order valence-corrected chi connectivity index (χ3v) is 6.90. The lowest BCUT2D eigenvalue weighted by molar-refractivity contribution is -0.160. The SMILES string of the molecule is CN1C[C@H]2OC(C)(C)O[C@H]2[C@@H]1CCOc1ccc2cc(/C=C3\SC(=O)NC3=O)ccc2c1. The number of ether oxygens (including phenoxy) is 3. The highest BCUT2D eigenvalue weighted by Gasteiger charge is 2.51. The summed E-state index contributed by atoms with van der Waals surface area (Å²) in [6.45, 7) is 5.41. The van der Waals surface area contributed by atoms with Gasteiger partial charge in [0.2, 0.25) is 0 Å². The molecule has 0 radical (unpaired) electrons. The number of carbonyl (C=O) groups excluding carboxylic acids is 2. The fourth-order valence-electron chi connectivity index (χ4n) is 4.68. The molecule has 0 saturated carbocycles. The number of rotatable bonds is 5. The van der Waals surface area contributed by atoms with Crippen molar-refractivity contribution < 1.29 is 23.8 Å². The van der Waals surface area contributed by atoms with Gasteiger partial charge in [-0.05, 0) is 79.7 Å². The Balaban J connectivity index is 1.22. The Kier molecular flexibility index (Phi) is 5.49. The standard InChI is InChI=1S/C24H26N2O5S/c1-24(2)30-19-13-26(3)18(21(19)31-24)8-9-29-17-7-6-15-10-14(4-5-16(15)12-17)11-20-22(27)25-23(28)32-20/h4-7,10-12,18-19,21H,8-9,13H2,1-3H3,(H,25,27,28)/b20-11-/t18-,19+,21-/m0/s1. The largest absolute Gasteiger partial charge is 0.494 e. The number of likely N-dealkylation sites (tertiary alicyclic amines) is 1. The van der Waals surface area contributed by atoms with E-state index >= 15 is 0 Å². The number of fused-ring (bicyclic) bond motifs is 2. The third-order valence-electron chi connectivity index (χ3n) is 6.09. The highest BCUT2D eigenvalue weighted by molar-refractivity contribution is 8.18. The zero-order valence-corrected chi connectivity index (χ0v) is 19.1. The number of imide groups is 1. The molecule has 1 N–H and O–H groups in total. The molecule has 3 aliphatic heterocycles. The first-order valence-corrected chi connectivity index (χ1v) is 11.6. The summed E-state index contributed by atoms with van der Waals surface area (Å²) in [7, 11) is 2.11. The number of hydrogen-bond donors (Lipinski definition) is 1. The van der Waals surface area contributed by atoms with Gasteiger partial charge in [0.05, 0.1) is 11.5 Å².